The highest BCUT2D eigenvalue weighted by Crippen LogP contribution is 2.50. The van der Waals surface area contributed by atoms with E-state index in [1.165, 1.54) is 70.6 Å². The van der Waals surface area contributed by atoms with Crippen molar-refractivity contribution in [1.82, 2.24) is 4.90 Å². The first-order valence-corrected chi connectivity index (χ1v) is 9.05. The Balaban J connectivity index is 1.67. The van der Waals surface area contributed by atoms with Gasteiger partial charge in [0, 0.05) is 11.6 Å². The standard InChI is InChI=1S/C18H34N2/c1-20(2)18(9-5-3-4-6-10-18)17(19)13-16-12-14-7-8-15(16)11-14/h14-17H,3-13,19H2,1-2H3. The van der Waals surface area contributed by atoms with E-state index in [4.69, 9.17) is 5.73 Å². The van der Waals surface area contributed by atoms with Crippen LogP contribution in [0.15, 0.2) is 0 Å². The minimum absolute atomic E-state index is 0.290. The lowest BCUT2D eigenvalue weighted by atomic mass is 9.75. The zero-order valence-electron chi connectivity index (χ0n) is 13.6. The van der Waals surface area contributed by atoms with Gasteiger partial charge < -0.3 is 10.6 Å². The van der Waals surface area contributed by atoms with Gasteiger partial charge in [0.2, 0.25) is 0 Å². The highest BCUT2D eigenvalue weighted by molar-refractivity contribution is 5.01. The van der Waals surface area contributed by atoms with Gasteiger partial charge in [-0.25, -0.2) is 0 Å². The van der Waals surface area contributed by atoms with Crippen molar-refractivity contribution in [3.63, 3.8) is 0 Å². The summed E-state index contributed by atoms with van der Waals surface area (Å²) in [5, 5.41) is 0. The quantitative estimate of drug-likeness (QED) is 0.793. The molecule has 0 aliphatic heterocycles. The third-order valence-electron chi connectivity index (χ3n) is 6.99. The molecular formula is C18H34N2. The molecule has 0 saturated heterocycles. The third-order valence-corrected chi connectivity index (χ3v) is 6.99. The summed E-state index contributed by atoms with van der Waals surface area (Å²) in [5.41, 5.74) is 7.11. The van der Waals surface area contributed by atoms with Gasteiger partial charge in [-0.1, -0.05) is 32.1 Å². The zero-order chi connectivity index (χ0) is 14.2. The Morgan fingerprint density at radius 1 is 1.05 bits per heavy atom. The second-order valence-electron chi connectivity index (χ2n) is 8.19. The number of rotatable bonds is 4. The highest BCUT2D eigenvalue weighted by atomic mass is 15.2. The van der Waals surface area contributed by atoms with E-state index in [1.54, 1.807) is 0 Å². The van der Waals surface area contributed by atoms with Crippen molar-refractivity contribution in [3.05, 3.63) is 0 Å². The van der Waals surface area contributed by atoms with Crippen LogP contribution in [0, 0.1) is 17.8 Å². The molecular weight excluding hydrogens is 244 g/mol. The van der Waals surface area contributed by atoms with Crippen LogP contribution in [-0.4, -0.2) is 30.6 Å². The molecule has 0 aromatic carbocycles. The van der Waals surface area contributed by atoms with Crippen LogP contribution >= 0.6 is 0 Å². The Bertz CT molecular complexity index is 317. The van der Waals surface area contributed by atoms with E-state index in [9.17, 15) is 0 Å². The maximum absolute atomic E-state index is 6.82. The molecule has 3 fully saturated rings. The molecule has 2 nitrogen and oxygen atoms in total. The van der Waals surface area contributed by atoms with Gasteiger partial charge in [-0.3, -0.25) is 0 Å². The van der Waals surface area contributed by atoms with Gasteiger partial charge in [0.1, 0.15) is 0 Å². The normalized spacial score (nSPS) is 38.1. The van der Waals surface area contributed by atoms with Crippen LogP contribution in [0.4, 0.5) is 0 Å². The van der Waals surface area contributed by atoms with Gasteiger partial charge in [0.25, 0.3) is 0 Å². The van der Waals surface area contributed by atoms with Crippen molar-refractivity contribution < 1.29 is 0 Å². The van der Waals surface area contributed by atoms with E-state index < -0.39 is 0 Å². The van der Waals surface area contributed by atoms with Crippen molar-refractivity contribution in [1.29, 1.82) is 0 Å². The molecule has 0 aromatic heterocycles. The number of hydrogen-bond acceptors (Lipinski definition) is 2. The number of nitrogens with zero attached hydrogens (tertiary/aromatic N) is 1. The van der Waals surface area contributed by atoms with Crippen molar-refractivity contribution >= 4 is 0 Å². The maximum Gasteiger partial charge on any atom is 0.0354 e. The van der Waals surface area contributed by atoms with E-state index in [-0.39, 0.29) is 0 Å². The van der Waals surface area contributed by atoms with E-state index in [0.717, 1.165) is 17.8 Å². The van der Waals surface area contributed by atoms with Gasteiger partial charge in [0.15, 0.2) is 0 Å². The fraction of sp³-hybridized carbons (Fsp3) is 1.00. The summed E-state index contributed by atoms with van der Waals surface area (Å²) in [6, 6.07) is 0.389. The SMILES string of the molecule is CN(C)C1(C(N)CC2CC3CCC2C3)CCCCCC1. The Hall–Kier alpha value is -0.0800. The van der Waals surface area contributed by atoms with Crippen LogP contribution in [0.2, 0.25) is 0 Å². The predicted molar refractivity (Wildman–Crippen MR) is 85.7 cm³/mol. The molecule has 4 unspecified atom stereocenters. The summed E-state index contributed by atoms with van der Waals surface area (Å²) in [4.78, 5) is 2.48. The summed E-state index contributed by atoms with van der Waals surface area (Å²) in [5.74, 6) is 3.03. The number of hydrogen-bond donors (Lipinski definition) is 1. The molecule has 116 valence electrons. The lowest BCUT2D eigenvalue weighted by Gasteiger charge is -2.45. The lowest BCUT2D eigenvalue weighted by Crippen LogP contribution is -2.57. The summed E-state index contributed by atoms with van der Waals surface area (Å²) < 4.78 is 0. The Kier molecular flexibility index (Phi) is 4.42. The first-order valence-electron chi connectivity index (χ1n) is 9.05. The molecule has 0 heterocycles. The molecule has 3 rings (SSSR count). The highest BCUT2D eigenvalue weighted by Gasteiger charge is 2.44. The van der Waals surface area contributed by atoms with Crippen LogP contribution in [0.3, 0.4) is 0 Å². The number of fused-ring (bicyclic) bond motifs is 2. The average Bonchev–Trinajstić information content (AvgIpc) is 2.93. The molecule has 2 bridgehead atoms. The van der Waals surface area contributed by atoms with E-state index >= 15 is 0 Å². The van der Waals surface area contributed by atoms with E-state index in [1.807, 2.05) is 0 Å². The maximum atomic E-state index is 6.82. The summed E-state index contributed by atoms with van der Waals surface area (Å²) in [6.45, 7) is 0. The van der Waals surface area contributed by atoms with E-state index in [2.05, 4.69) is 19.0 Å². The first-order chi connectivity index (χ1) is 9.62. The lowest BCUT2D eigenvalue weighted by molar-refractivity contribution is 0.0802. The zero-order valence-corrected chi connectivity index (χ0v) is 13.6. The molecule has 0 aromatic rings. The van der Waals surface area contributed by atoms with Crippen LogP contribution < -0.4 is 5.73 Å². The fourth-order valence-electron chi connectivity index (χ4n) is 5.70. The van der Waals surface area contributed by atoms with Crippen LogP contribution in [0.1, 0.15) is 70.6 Å². The van der Waals surface area contributed by atoms with Crippen molar-refractivity contribution in [2.24, 2.45) is 23.5 Å². The third kappa shape index (κ3) is 2.66. The Morgan fingerprint density at radius 3 is 2.25 bits per heavy atom. The number of nitrogens with two attached hydrogens (primary N) is 1. The smallest absolute Gasteiger partial charge is 0.0354 e. The van der Waals surface area contributed by atoms with Crippen molar-refractivity contribution in [3.8, 4) is 0 Å². The Morgan fingerprint density at radius 2 is 1.75 bits per heavy atom. The molecule has 0 spiro atoms. The van der Waals surface area contributed by atoms with Crippen LogP contribution in [0.5, 0.6) is 0 Å². The largest absolute Gasteiger partial charge is 0.326 e. The molecule has 0 amide bonds. The molecule has 2 heteroatoms. The minimum atomic E-state index is 0.290. The summed E-state index contributed by atoms with van der Waals surface area (Å²) in [6.07, 6.45) is 15.5. The van der Waals surface area contributed by atoms with Crippen molar-refractivity contribution in [2.75, 3.05) is 14.1 Å². The monoisotopic (exact) mass is 278 g/mol. The Labute approximate surface area is 125 Å². The molecule has 3 aliphatic carbocycles. The van der Waals surface area contributed by atoms with Gasteiger partial charge in [0.05, 0.1) is 0 Å². The summed E-state index contributed by atoms with van der Waals surface area (Å²) in [7, 11) is 4.54. The van der Waals surface area contributed by atoms with Gasteiger partial charge in [-0.15, -0.1) is 0 Å². The van der Waals surface area contributed by atoms with Crippen molar-refractivity contribution in [2.45, 2.75) is 82.2 Å². The molecule has 2 N–H and O–H groups in total. The second-order valence-corrected chi connectivity index (χ2v) is 8.19. The number of likely N-dealkylation sites (N-methyl/N-ethyl adjacent to an activating group) is 1. The van der Waals surface area contributed by atoms with Crippen LogP contribution in [0.25, 0.3) is 0 Å². The minimum Gasteiger partial charge on any atom is -0.326 e. The average molecular weight is 278 g/mol. The van der Waals surface area contributed by atoms with Gasteiger partial charge in [-0.05, 0) is 70.4 Å². The molecule has 3 saturated carbocycles. The first kappa shape index (κ1) is 14.8. The topological polar surface area (TPSA) is 29.3 Å². The van der Waals surface area contributed by atoms with E-state index in [0.29, 0.717) is 11.6 Å². The predicted octanol–water partition coefficient (Wildman–Crippen LogP) is 3.79. The molecule has 4 atom stereocenters. The van der Waals surface area contributed by atoms with Gasteiger partial charge >= 0.3 is 0 Å². The van der Waals surface area contributed by atoms with Gasteiger partial charge in [-0.2, -0.15) is 0 Å². The fourth-order valence-corrected chi connectivity index (χ4v) is 5.70. The summed E-state index contributed by atoms with van der Waals surface area (Å²) >= 11 is 0. The molecule has 20 heavy (non-hydrogen) atoms. The second kappa shape index (κ2) is 5.96. The van der Waals surface area contributed by atoms with Crippen LogP contribution in [-0.2, 0) is 0 Å². The molecule has 0 radical (unpaired) electrons. The molecule has 3 aliphatic rings.